The molecule has 0 aromatic heterocycles. The molecule has 2 fully saturated rings. The second-order valence-electron chi connectivity index (χ2n) is 8.01. The summed E-state index contributed by atoms with van der Waals surface area (Å²) in [6.07, 6.45) is 5.11. The third-order valence-electron chi connectivity index (χ3n) is 6.29. The zero-order valence-corrected chi connectivity index (χ0v) is 16.9. The highest BCUT2D eigenvalue weighted by atomic mass is 16.5. The first-order valence-electron chi connectivity index (χ1n) is 10.6. The number of rotatable bonds is 7. The Morgan fingerprint density at radius 1 is 1.11 bits per heavy atom. The van der Waals surface area contributed by atoms with Crippen LogP contribution >= 0.6 is 0 Å². The van der Waals surface area contributed by atoms with E-state index >= 15 is 0 Å². The molecule has 0 aliphatic carbocycles. The van der Waals surface area contributed by atoms with Crippen LogP contribution in [0.1, 0.15) is 39.0 Å². The minimum atomic E-state index is -0.442. The first-order chi connectivity index (χ1) is 13.5. The van der Waals surface area contributed by atoms with Gasteiger partial charge in [-0.1, -0.05) is 12.1 Å². The summed E-state index contributed by atoms with van der Waals surface area (Å²) in [7, 11) is 0. The van der Waals surface area contributed by atoms with Gasteiger partial charge in [-0.05, 0) is 38.3 Å². The molecule has 0 atom stereocenters. The molecular weight excluding hydrogens is 356 g/mol. The van der Waals surface area contributed by atoms with Gasteiger partial charge in [0.05, 0.1) is 51.3 Å². The number of piperidine rings is 2. The van der Waals surface area contributed by atoms with Crippen molar-refractivity contribution in [3.63, 3.8) is 0 Å². The van der Waals surface area contributed by atoms with Crippen LogP contribution in [0.15, 0.2) is 24.3 Å². The number of para-hydroxylation sites is 2. The van der Waals surface area contributed by atoms with Gasteiger partial charge in [-0.25, -0.2) is 0 Å². The van der Waals surface area contributed by atoms with Gasteiger partial charge in [-0.15, -0.1) is 0 Å². The molecule has 2 heterocycles. The molecule has 2 aliphatic rings. The van der Waals surface area contributed by atoms with E-state index in [4.69, 9.17) is 10.5 Å². The fourth-order valence-corrected chi connectivity index (χ4v) is 4.71. The number of hydrogen-bond acceptors (Lipinski definition) is 3. The number of anilines is 1. The number of quaternary nitrogens is 2. The Morgan fingerprint density at radius 3 is 2.43 bits per heavy atom. The minimum absolute atomic E-state index is 0.0287. The molecule has 7 nitrogen and oxygen atoms in total. The van der Waals surface area contributed by atoms with E-state index in [9.17, 15) is 9.59 Å². The fraction of sp³-hybridized carbons (Fsp3) is 0.619. The lowest BCUT2D eigenvalue weighted by Gasteiger charge is -2.43. The van der Waals surface area contributed by atoms with E-state index in [0.29, 0.717) is 24.6 Å². The van der Waals surface area contributed by atoms with Crippen molar-refractivity contribution >= 4 is 17.5 Å². The number of benzene rings is 1. The van der Waals surface area contributed by atoms with Crippen molar-refractivity contribution < 1.29 is 24.1 Å². The summed E-state index contributed by atoms with van der Waals surface area (Å²) in [6, 6.07) is 7.49. The van der Waals surface area contributed by atoms with E-state index in [1.807, 2.05) is 31.2 Å². The molecular formula is C21H34N4O3+2. The Labute approximate surface area is 167 Å². The maximum atomic E-state index is 12.5. The molecule has 2 aliphatic heterocycles. The van der Waals surface area contributed by atoms with E-state index in [1.165, 1.54) is 29.1 Å². The molecule has 2 saturated heterocycles. The average Bonchev–Trinajstić information content (AvgIpc) is 2.71. The Kier molecular flexibility index (Phi) is 6.91. The molecule has 1 aromatic rings. The number of carbonyl (C=O) groups excluding carboxylic acids is 2. The van der Waals surface area contributed by atoms with Crippen molar-refractivity contribution in [1.29, 1.82) is 0 Å². The Balaban J connectivity index is 1.56. The standard InChI is InChI=1S/C21H32N4O3/c1-2-28-18-9-5-4-8-17(18)23-19(26)16-24-14-10-21(11-15-24,20(22)27)25-12-6-3-7-13-25/h4-5,8-9H,2-3,6-7,10-16H2,1H3,(H2,22,27)(H,23,26)/p+2. The zero-order valence-electron chi connectivity index (χ0n) is 16.9. The highest BCUT2D eigenvalue weighted by Gasteiger charge is 2.50. The molecule has 0 spiro atoms. The quantitative estimate of drug-likeness (QED) is 0.481. The van der Waals surface area contributed by atoms with Gasteiger partial charge in [0.1, 0.15) is 5.75 Å². The number of likely N-dealkylation sites (tertiary alicyclic amines) is 2. The summed E-state index contributed by atoms with van der Waals surface area (Å²) in [5.74, 6) is 0.492. The van der Waals surface area contributed by atoms with Crippen molar-refractivity contribution in [1.82, 2.24) is 0 Å². The first-order valence-corrected chi connectivity index (χ1v) is 10.6. The number of hydrogen-bond donors (Lipinski definition) is 4. The summed E-state index contributed by atoms with van der Waals surface area (Å²) in [6.45, 7) is 6.54. The van der Waals surface area contributed by atoms with Gasteiger partial charge in [0.15, 0.2) is 12.1 Å². The summed E-state index contributed by atoms with van der Waals surface area (Å²) in [5.41, 5.74) is 6.13. The number of nitrogens with one attached hydrogen (secondary N) is 3. The van der Waals surface area contributed by atoms with Gasteiger partial charge in [0.25, 0.3) is 11.8 Å². The van der Waals surface area contributed by atoms with E-state index in [2.05, 4.69) is 5.32 Å². The Hall–Kier alpha value is -2.12. The summed E-state index contributed by atoms with van der Waals surface area (Å²) in [5, 5.41) is 2.97. The van der Waals surface area contributed by atoms with Gasteiger partial charge in [-0.3, -0.25) is 9.59 Å². The van der Waals surface area contributed by atoms with Gasteiger partial charge in [0, 0.05) is 0 Å². The second-order valence-corrected chi connectivity index (χ2v) is 8.01. The van der Waals surface area contributed by atoms with E-state index in [-0.39, 0.29) is 11.8 Å². The number of nitrogens with two attached hydrogens (primary N) is 1. The van der Waals surface area contributed by atoms with Crippen LogP contribution < -0.4 is 25.6 Å². The first kappa shape index (κ1) is 20.6. The molecule has 28 heavy (non-hydrogen) atoms. The molecule has 154 valence electrons. The van der Waals surface area contributed by atoms with Crippen LogP contribution in [0.5, 0.6) is 5.75 Å². The van der Waals surface area contributed by atoms with Crippen LogP contribution in [0.3, 0.4) is 0 Å². The third-order valence-corrected chi connectivity index (χ3v) is 6.29. The van der Waals surface area contributed by atoms with Crippen molar-refractivity contribution in [3.05, 3.63) is 24.3 Å². The number of carbonyl (C=O) groups is 2. The van der Waals surface area contributed by atoms with Crippen molar-refractivity contribution in [2.75, 3.05) is 44.6 Å². The summed E-state index contributed by atoms with van der Waals surface area (Å²) in [4.78, 5) is 27.5. The summed E-state index contributed by atoms with van der Waals surface area (Å²) >= 11 is 0. The van der Waals surface area contributed by atoms with Crippen molar-refractivity contribution in [2.24, 2.45) is 5.73 Å². The maximum Gasteiger partial charge on any atom is 0.279 e. The number of ether oxygens (including phenoxy) is 1. The van der Waals surface area contributed by atoms with Gasteiger partial charge < -0.3 is 25.6 Å². The van der Waals surface area contributed by atoms with Crippen LogP contribution in [0.25, 0.3) is 0 Å². The second kappa shape index (κ2) is 9.39. The smallest absolute Gasteiger partial charge is 0.279 e. The van der Waals surface area contributed by atoms with Crippen LogP contribution in [0.4, 0.5) is 5.69 Å². The molecule has 0 radical (unpaired) electrons. The average molecular weight is 391 g/mol. The Bertz CT molecular complexity index is 680. The van der Waals surface area contributed by atoms with E-state index < -0.39 is 5.54 Å². The van der Waals surface area contributed by atoms with Gasteiger partial charge >= 0.3 is 0 Å². The van der Waals surface area contributed by atoms with Crippen LogP contribution in [-0.4, -0.2) is 56.7 Å². The minimum Gasteiger partial charge on any atom is -0.492 e. The van der Waals surface area contributed by atoms with Crippen LogP contribution in [0.2, 0.25) is 0 Å². The monoisotopic (exact) mass is 390 g/mol. The highest BCUT2D eigenvalue weighted by Crippen LogP contribution is 2.23. The predicted molar refractivity (Wildman–Crippen MR) is 108 cm³/mol. The largest absolute Gasteiger partial charge is 0.492 e. The molecule has 0 bridgehead atoms. The number of primary amides is 1. The molecule has 3 rings (SSSR count). The number of amides is 2. The lowest BCUT2D eigenvalue weighted by atomic mass is 9.83. The lowest BCUT2D eigenvalue weighted by Crippen LogP contribution is -3.26. The zero-order chi connectivity index (χ0) is 20.0. The van der Waals surface area contributed by atoms with Crippen molar-refractivity contribution in [2.45, 2.75) is 44.6 Å². The lowest BCUT2D eigenvalue weighted by molar-refractivity contribution is -0.972. The van der Waals surface area contributed by atoms with Gasteiger partial charge in [0.2, 0.25) is 0 Å². The molecule has 2 amide bonds. The SMILES string of the molecule is CCOc1ccccc1NC(=O)C[NH+]1CCC(C(N)=O)([NH+]2CCCCC2)CC1. The highest BCUT2D eigenvalue weighted by molar-refractivity contribution is 5.93. The maximum absolute atomic E-state index is 12.5. The molecule has 5 N–H and O–H groups in total. The predicted octanol–water partition coefficient (Wildman–Crippen LogP) is -1.00. The normalized spacial score (nSPS) is 25.8. The van der Waals surface area contributed by atoms with Gasteiger partial charge in [-0.2, -0.15) is 0 Å². The molecule has 0 saturated carbocycles. The van der Waals surface area contributed by atoms with E-state index in [0.717, 1.165) is 39.0 Å². The Morgan fingerprint density at radius 2 is 1.79 bits per heavy atom. The van der Waals surface area contributed by atoms with Crippen LogP contribution in [0, 0.1) is 0 Å². The van der Waals surface area contributed by atoms with Crippen LogP contribution in [-0.2, 0) is 9.59 Å². The molecule has 0 unspecified atom stereocenters. The molecule has 1 aromatic carbocycles. The van der Waals surface area contributed by atoms with E-state index in [1.54, 1.807) is 0 Å². The summed E-state index contributed by atoms with van der Waals surface area (Å²) < 4.78 is 5.57. The topological polar surface area (TPSA) is 90.3 Å². The molecule has 7 heteroatoms. The fourth-order valence-electron chi connectivity index (χ4n) is 4.71. The third kappa shape index (κ3) is 4.64. The van der Waals surface area contributed by atoms with Crippen molar-refractivity contribution in [3.8, 4) is 5.75 Å².